The van der Waals surface area contributed by atoms with E-state index in [2.05, 4.69) is 20.4 Å². The lowest BCUT2D eigenvalue weighted by atomic mass is 10.1. The van der Waals surface area contributed by atoms with Crippen LogP contribution in [-0.2, 0) is 12.4 Å². The maximum Gasteiger partial charge on any atom is 0.417 e. The summed E-state index contributed by atoms with van der Waals surface area (Å²) in [6.07, 6.45) is -9.07. The summed E-state index contributed by atoms with van der Waals surface area (Å²) in [6.45, 7) is 1.63. The van der Waals surface area contributed by atoms with Crippen LogP contribution in [0.3, 0.4) is 0 Å². The fourth-order valence-electron chi connectivity index (χ4n) is 2.27. The lowest BCUT2D eigenvalue weighted by Crippen LogP contribution is -2.16. The van der Waals surface area contributed by atoms with Crippen molar-refractivity contribution in [1.29, 1.82) is 0 Å². The van der Waals surface area contributed by atoms with Gasteiger partial charge < -0.3 is 5.32 Å². The highest BCUT2D eigenvalue weighted by molar-refractivity contribution is 5.61. The molecule has 25 heavy (non-hydrogen) atoms. The first-order valence-corrected chi connectivity index (χ1v) is 6.78. The monoisotopic (exact) mass is 361 g/mol. The molecule has 3 aromatic rings. The molecule has 0 amide bonds. The van der Waals surface area contributed by atoms with Crippen molar-refractivity contribution < 1.29 is 26.3 Å². The van der Waals surface area contributed by atoms with E-state index in [1.54, 1.807) is 6.92 Å². The Labute approximate surface area is 136 Å². The average Bonchev–Trinajstić information content (AvgIpc) is 2.93. The van der Waals surface area contributed by atoms with Gasteiger partial charge >= 0.3 is 12.4 Å². The van der Waals surface area contributed by atoms with Crippen LogP contribution in [0.1, 0.15) is 16.8 Å². The van der Waals surface area contributed by atoms with E-state index in [1.165, 1.54) is 16.9 Å². The molecule has 2 heterocycles. The molecule has 0 aliphatic rings. The number of hydrogen-bond acceptors (Lipinski definition) is 4. The highest BCUT2D eigenvalue weighted by Crippen LogP contribution is 2.41. The van der Waals surface area contributed by atoms with Gasteiger partial charge in [-0.05, 0) is 25.1 Å². The fraction of sp³-hybridized carbons (Fsp3) is 0.214. The minimum absolute atomic E-state index is 0.178. The van der Waals surface area contributed by atoms with Crippen molar-refractivity contribution in [2.24, 2.45) is 0 Å². The van der Waals surface area contributed by atoms with E-state index in [0.717, 1.165) is 6.07 Å². The SMILES string of the molecule is Cc1cc(Nc2ccc(C(F)(F)F)c(C(F)(F)F)c2)n2ncnc2n1. The molecule has 0 saturated carbocycles. The molecule has 0 aliphatic heterocycles. The molecule has 132 valence electrons. The van der Waals surface area contributed by atoms with Crippen molar-refractivity contribution in [1.82, 2.24) is 19.6 Å². The predicted molar refractivity (Wildman–Crippen MR) is 75.2 cm³/mol. The third kappa shape index (κ3) is 3.35. The van der Waals surface area contributed by atoms with Crippen LogP contribution in [-0.4, -0.2) is 19.6 Å². The largest absolute Gasteiger partial charge is 0.417 e. The maximum absolute atomic E-state index is 13.0. The number of nitrogens with zero attached hydrogens (tertiary/aromatic N) is 4. The van der Waals surface area contributed by atoms with Crippen molar-refractivity contribution in [3.63, 3.8) is 0 Å². The van der Waals surface area contributed by atoms with Crippen LogP contribution in [0.15, 0.2) is 30.6 Å². The molecule has 0 aliphatic carbocycles. The zero-order chi connectivity index (χ0) is 18.4. The number of hydrogen-bond donors (Lipinski definition) is 1. The molecule has 0 saturated heterocycles. The van der Waals surface area contributed by atoms with Gasteiger partial charge in [-0.3, -0.25) is 0 Å². The topological polar surface area (TPSA) is 55.1 Å². The van der Waals surface area contributed by atoms with Gasteiger partial charge in [0.25, 0.3) is 5.78 Å². The first-order chi connectivity index (χ1) is 11.6. The van der Waals surface area contributed by atoms with Crippen molar-refractivity contribution in [3.05, 3.63) is 47.4 Å². The number of aromatic nitrogens is 4. The Morgan fingerprint density at radius 2 is 1.64 bits per heavy atom. The minimum Gasteiger partial charge on any atom is -0.340 e. The number of fused-ring (bicyclic) bond motifs is 1. The third-order valence-corrected chi connectivity index (χ3v) is 3.28. The van der Waals surface area contributed by atoms with Crippen LogP contribution in [0.4, 0.5) is 37.8 Å². The van der Waals surface area contributed by atoms with Gasteiger partial charge in [0.2, 0.25) is 0 Å². The number of alkyl halides is 6. The van der Waals surface area contributed by atoms with Crippen LogP contribution in [0.2, 0.25) is 0 Å². The molecule has 11 heteroatoms. The van der Waals surface area contributed by atoms with Gasteiger partial charge in [-0.25, -0.2) is 4.98 Å². The van der Waals surface area contributed by atoms with Gasteiger partial charge in [-0.1, -0.05) is 0 Å². The van der Waals surface area contributed by atoms with E-state index in [0.29, 0.717) is 17.8 Å². The molecular weight excluding hydrogens is 352 g/mol. The first kappa shape index (κ1) is 17.0. The fourth-order valence-corrected chi connectivity index (χ4v) is 2.27. The number of nitrogens with one attached hydrogen (secondary N) is 1. The van der Waals surface area contributed by atoms with Crippen LogP contribution in [0, 0.1) is 6.92 Å². The first-order valence-electron chi connectivity index (χ1n) is 6.78. The van der Waals surface area contributed by atoms with Gasteiger partial charge in [-0.15, -0.1) is 0 Å². The molecule has 1 aromatic carbocycles. The van der Waals surface area contributed by atoms with Crippen LogP contribution in [0.25, 0.3) is 5.78 Å². The third-order valence-electron chi connectivity index (χ3n) is 3.28. The predicted octanol–water partition coefficient (Wildman–Crippen LogP) is 4.21. The second-order valence-electron chi connectivity index (χ2n) is 5.14. The summed E-state index contributed by atoms with van der Waals surface area (Å²) in [5, 5.41) is 6.48. The number of aryl methyl sites for hydroxylation is 1. The summed E-state index contributed by atoms with van der Waals surface area (Å²) in [5.74, 6) is 0.415. The van der Waals surface area contributed by atoms with E-state index in [4.69, 9.17) is 0 Å². The second-order valence-corrected chi connectivity index (χ2v) is 5.14. The Morgan fingerprint density at radius 1 is 0.960 bits per heavy atom. The summed E-state index contributed by atoms with van der Waals surface area (Å²) in [5.41, 5.74) is -3.19. The second kappa shape index (κ2) is 5.60. The smallest absolute Gasteiger partial charge is 0.340 e. The molecule has 0 fully saturated rings. The van der Waals surface area contributed by atoms with E-state index in [9.17, 15) is 26.3 Å². The Balaban J connectivity index is 2.08. The van der Waals surface area contributed by atoms with Crippen LogP contribution >= 0.6 is 0 Å². The van der Waals surface area contributed by atoms with Crippen molar-refractivity contribution in [2.45, 2.75) is 19.3 Å². The van der Waals surface area contributed by atoms with Crippen LogP contribution < -0.4 is 5.32 Å². The summed E-state index contributed by atoms with van der Waals surface area (Å²) < 4.78 is 78.6. The molecule has 0 radical (unpaired) electrons. The van der Waals surface area contributed by atoms with Crippen molar-refractivity contribution in [3.8, 4) is 0 Å². The van der Waals surface area contributed by atoms with Gasteiger partial charge in [0, 0.05) is 17.4 Å². The molecule has 3 rings (SSSR count). The minimum atomic E-state index is -5.15. The van der Waals surface area contributed by atoms with E-state index >= 15 is 0 Å². The molecule has 0 unspecified atom stereocenters. The molecule has 5 nitrogen and oxygen atoms in total. The normalized spacial score (nSPS) is 12.6. The standard InChI is InChI=1S/C14H9F6N5/c1-7-4-11(25-12(23-7)21-6-22-25)24-8-2-3-9(13(15,16)17)10(5-8)14(18,19)20/h2-6,24H,1H3. The Bertz CT molecular complexity index is 928. The quantitative estimate of drug-likeness (QED) is 0.695. The van der Waals surface area contributed by atoms with Crippen LogP contribution in [0.5, 0.6) is 0 Å². The van der Waals surface area contributed by atoms with Gasteiger partial charge in [0.15, 0.2) is 0 Å². The summed E-state index contributed by atoms with van der Waals surface area (Å²) in [4.78, 5) is 7.92. The highest BCUT2D eigenvalue weighted by Gasteiger charge is 2.43. The Hall–Kier alpha value is -2.85. The lowest BCUT2D eigenvalue weighted by Gasteiger charge is -2.17. The molecule has 0 spiro atoms. The Kier molecular flexibility index (Phi) is 3.81. The highest BCUT2D eigenvalue weighted by atomic mass is 19.4. The summed E-state index contributed by atoms with van der Waals surface area (Å²) >= 11 is 0. The number of halogens is 6. The molecule has 1 N–H and O–H groups in total. The number of anilines is 2. The van der Waals surface area contributed by atoms with Gasteiger partial charge in [-0.2, -0.15) is 40.9 Å². The lowest BCUT2D eigenvalue weighted by molar-refractivity contribution is -0.162. The van der Waals surface area contributed by atoms with E-state index in [-0.39, 0.29) is 17.3 Å². The number of benzene rings is 1. The Morgan fingerprint density at radius 3 is 2.28 bits per heavy atom. The molecular formula is C14H9F6N5. The van der Waals surface area contributed by atoms with E-state index in [1.807, 2.05) is 0 Å². The van der Waals surface area contributed by atoms with Gasteiger partial charge in [0.1, 0.15) is 12.1 Å². The zero-order valence-electron chi connectivity index (χ0n) is 12.4. The zero-order valence-corrected chi connectivity index (χ0v) is 12.4. The average molecular weight is 361 g/mol. The molecule has 0 atom stereocenters. The summed E-state index contributed by atoms with van der Waals surface area (Å²) in [6, 6.07) is 3.18. The van der Waals surface area contributed by atoms with Gasteiger partial charge in [0.05, 0.1) is 11.1 Å². The maximum atomic E-state index is 13.0. The summed E-state index contributed by atoms with van der Waals surface area (Å²) in [7, 11) is 0. The number of rotatable bonds is 2. The van der Waals surface area contributed by atoms with Crippen molar-refractivity contribution in [2.75, 3.05) is 5.32 Å². The van der Waals surface area contributed by atoms with Crippen molar-refractivity contribution >= 4 is 17.3 Å². The molecule has 0 bridgehead atoms. The molecule has 2 aromatic heterocycles. The van der Waals surface area contributed by atoms with E-state index < -0.39 is 23.5 Å².